The minimum atomic E-state index is -0.284. The van der Waals surface area contributed by atoms with Gasteiger partial charge in [0.1, 0.15) is 17.4 Å². The second-order valence-corrected chi connectivity index (χ2v) is 9.97. The summed E-state index contributed by atoms with van der Waals surface area (Å²) < 4.78 is 27.4. The smallest absolute Gasteiger partial charge is 0.231 e. The highest BCUT2D eigenvalue weighted by atomic mass is 35.5. The molecule has 0 aliphatic carbocycles. The molecule has 1 unspecified atom stereocenters. The number of phenolic OH excluding ortho intramolecular Hbond substituents is 1. The van der Waals surface area contributed by atoms with Crippen LogP contribution in [0.5, 0.6) is 17.2 Å². The number of phenols is 1. The normalized spacial score (nSPS) is 13.3. The van der Waals surface area contributed by atoms with Gasteiger partial charge in [0.25, 0.3) is 0 Å². The van der Waals surface area contributed by atoms with E-state index in [9.17, 15) is 9.50 Å². The lowest BCUT2D eigenvalue weighted by atomic mass is 10.1. The zero-order valence-corrected chi connectivity index (χ0v) is 22.3. The van der Waals surface area contributed by atoms with Crippen LogP contribution in [0.4, 0.5) is 4.39 Å². The van der Waals surface area contributed by atoms with Crippen molar-refractivity contribution in [3.05, 3.63) is 94.5 Å². The number of unbranched alkanes of at least 4 members (excludes halogenated alkanes) is 1. The number of hydrogen-bond donors (Lipinski definition) is 1. The number of aromatic nitrogens is 2. The zero-order chi connectivity index (χ0) is 26.6. The molecule has 38 heavy (non-hydrogen) atoms. The largest absolute Gasteiger partial charge is 0.508 e. The standard InChI is InChI=1S/C30H31ClFN3O3/c1-3-4-12-35-27(16-33-30(35)22-6-5-7-24(32)14-22)20(2)34(18-23-9-10-25(36)15-26(23)31)17-21-8-11-28-29(13-21)38-19-37-28/h5-11,13-16,20,36H,3-4,12,17-19H2,1-2H3. The Morgan fingerprint density at radius 3 is 2.71 bits per heavy atom. The lowest BCUT2D eigenvalue weighted by Crippen LogP contribution is -2.28. The Hall–Kier alpha value is -3.55. The molecule has 1 atom stereocenters. The molecule has 1 aliphatic rings. The maximum atomic E-state index is 14.1. The lowest BCUT2D eigenvalue weighted by Gasteiger charge is -2.31. The first-order valence-electron chi connectivity index (χ1n) is 12.8. The van der Waals surface area contributed by atoms with Gasteiger partial charge in [0, 0.05) is 36.3 Å². The summed E-state index contributed by atoms with van der Waals surface area (Å²) in [5, 5.41) is 10.4. The van der Waals surface area contributed by atoms with Gasteiger partial charge in [-0.15, -0.1) is 0 Å². The zero-order valence-electron chi connectivity index (χ0n) is 21.5. The molecule has 3 aromatic carbocycles. The van der Waals surface area contributed by atoms with E-state index in [2.05, 4.69) is 23.3 Å². The van der Waals surface area contributed by atoms with Crippen LogP contribution < -0.4 is 9.47 Å². The highest BCUT2D eigenvalue weighted by Crippen LogP contribution is 2.35. The summed E-state index contributed by atoms with van der Waals surface area (Å²) in [5.74, 6) is 2.08. The van der Waals surface area contributed by atoms with Gasteiger partial charge in [0.15, 0.2) is 11.5 Å². The SMILES string of the molecule is CCCCn1c(C(C)N(Cc2ccc3c(c2)OCO3)Cc2ccc(O)cc2Cl)cnc1-c1cccc(F)c1. The quantitative estimate of drug-likeness (QED) is 0.230. The summed E-state index contributed by atoms with van der Waals surface area (Å²) >= 11 is 6.53. The van der Waals surface area contributed by atoms with Crippen LogP contribution in [-0.4, -0.2) is 26.4 Å². The van der Waals surface area contributed by atoms with Crippen LogP contribution in [0.3, 0.4) is 0 Å². The van der Waals surface area contributed by atoms with E-state index in [1.807, 2.05) is 36.5 Å². The first kappa shape index (κ1) is 26.1. The first-order valence-corrected chi connectivity index (χ1v) is 13.2. The predicted octanol–water partition coefficient (Wildman–Crippen LogP) is 7.34. The van der Waals surface area contributed by atoms with E-state index in [0.717, 1.165) is 59.1 Å². The number of ether oxygens (including phenoxy) is 2. The van der Waals surface area contributed by atoms with Crippen molar-refractivity contribution in [2.75, 3.05) is 6.79 Å². The van der Waals surface area contributed by atoms with Crippen LogP contribution >= 0.6 is 11.6 Å². The maximum Gasteiger partial charge on any atom is 0.231 e. The third kappa shape index (κ3) is 5.64. The minimum absolute atomic E-state index is 0.0584. The van der Waals surface area contributed by atoms with Gasteiger partial charge in [-0.3, -0.25) is 4.90 Å². The Bertz CT molecular complexity index is 1420. The molecule has 6 nitrogen and oxygen atoms in total. The highest BCUT2D eigenvalue weighted by molar-refractivity contribution is 6.31. The Morgan fingerprint density at radius 1 is 1.08 bits per heavy atom. The lowest BCUT2D eigenvalue weighted by molar-refractivity contribution is 0.173. The number of hydrogen-bond acceptors (Lipinski definition) is 5. The molecule has 0 saturated carbocycles. The second kappa shape index (κ2) is 11.5. The number of imidazole rings is 1. The highest BCUT2D eigenvalue weighted by Gasteiger charge is 2.24. The van der Waals surface area contributed by atoms with Crippen molar-refractivity contribution in [1.82, 2.24) is 14.5 Å². The van der Waals surface area contributed by atoms with Crippen LogP contribution in [0.1, 0.15) is 49.6 Å². The molecule has 0 spiro atoms. The third-order valence-electron chi connectivity index (χ3n) is 6.91. The van der Waals surface area contributed by atoms with Gasteiger partial charge < -0.3 is 19.1 Å². The summed E-state index contributed by atoms with van der Waals surface area (Å²) in [4.78, 5) is 7.06. The molecule has 0 saturated heterocycles. The van der Waals surface area contributed by atoms with Gasteiger partial charge in [-0.1, -0.05) is 49.2 Å². The summed E-state index contributed by atoms with van der Waals surface area (Å²) in [6, 6.07) is 17.6. The molecule has 0 fully saturated rings. The van der Waals surface area contributed by atoms with Crippen LogP contribution in [0.2, 0.25) is 5.02 Å². The summed E-state index contributed by atoms with van der Waals surface area (Å²) in [6.45, 7) is 6.46. The monoisotopic (exact) mass is 535 g/mol. The Balaban J connectivity index is 1.52. The van der Waals surface area contributed by atoms with Gasteiger partial charge >= 0.3 is 0 Å². The van der Waals surface area contributed by atoms with Crippen molar-refractivity contribution < 1.29 is 19.0 Å². The molecule has 198 valence electrons. The van der Waals surface area contributed by atoms with E-state index in [1.54, 1.807) is 18.2 Å². The minimum Gasteiger partial charge on any atom is -0.508 e. The molecule has 2 heterocycles. The van der Waals surface area contributed by atoms with E-state index < -0.39 is 0 Å². The number of rotatable bonds is 10. The van der Waals surface area contributed by atoms with E-state index in [-0.39, 0.29) is 24.4 Å². The first-order chi connectivity index (χ1) is 18.4. The van der Waals surface area contributed by atoms with Crippen LogP contribution in [0.15, 0.2) is 66.9 Å². The van der Waals surface area contributed by atoms with Crippen molar-refractivity contribution in [1.29, 1.82) is 0 Å². The molecule has 0 radical (unpaired) electrons. The average molecular weight is 536 g/mol. The average Bonchev–Trinajstić information content (AvgIpc) is 3.55. The van der Waals surface area contributed by atoms with Gasteiger partial charge in [-0.05, 0) is 60.9 Å². The molecular formula is C30H31ClFN3O3. The predicted molar refractivity (Wildman–Crippen MR) is 146 cm³/mol. The van der Waals surface area contributed by atoms with Crippen molar-refractivity contribution in [2.24, 2.45) is 0 Å². The summed E-state index contributed by atoms with van der Waals surface area (Å²) in [6.07, 6.45) is 3.90. The molecule has 5 rings (SSSR count). The van der Waals surface area contributed by atoms with E-state index in [0.29, 0.717) is 18.1 Å². The molecule has 1 aromatic heterocycles. The summed E-state index contributed by atoms with van der Waals surface area (Å²) in [5.41, 5.74) is 3.76. The van der Waals surface area contributed by atoms with E-state index >= 15 is 0 Å². The molecule has 0 bridgehead atoms. The van der Waals surface area contributed by atoms with Crippen molar-refractivity contribution >= 4 is 11.6 Å². The fraction of sp³-hybridized carbons (Fsp3) is 0.300. The number of benzene rings is 3. The van der Waals surface area contributed by atoms with Crippen molar-refractivity contribution in [3.8, 4) is 28.6 Å². The molecule has 0 amide bonds. The van der Waals surface area contributed by atoms with Crippen molar-refractivity contribution in [2.45, 2.75) is 52.4 Å². The van der Waals surface area contributed by atoms with Crippen LogP contribution in [0.25, 0.3) is 11.4 Å². The maximum absolute atomic E-state index is 14.1. The molecular weight excluding hydrogens is 505 g/mol. The third-order valence-corrected chi connectivity index (χ3v) is 7.26. The van der Waals surface area contributed by atoms with Crippen LogP contribution in [0, 0.1) is 5.82 Å². The van der Waals surface area contributed by atoms with E-state index in [4.69, 9.17) is 26.1 Å². The fourth-order valence-corrected chi connectivity index (χ4v) is 5.04. The Morgan fingerprint density at radius 2 is 1.92 bits per heavy atom. The van der Waals surface area contributed by atoms with E-state index in [1.165, 1.54) is 12.1 Å². The number of nitrogens with zero attached hydrogens (tertiary/aromatic N) is 3. The Kier molecular flexibility index (Phi) is 7.86. The second-order valence-electron chi connectivity index (χ2n) is 9.57. The van der Waals surface area contributed by atoms with Gasteiger partial charge in [-0.25, -0.2) is 9.37 Å². The molecule has 1 N–H and O–H groups in total. The van der Waals surface area contributed by atoms with Gasteiger partial charge in [-0.2, -0.15) is 0 Å². The molecule has 1 aliphatic heterocycles. The number of aromatic hydroxyl groups is 1. The molecule has 8 heteroatoms. The topological polar surface area (TPSA) is 59.8 Å². The van der Waals surface area contributed by atoms with Crippen LogP contribution in [-0.2, 0) is 19.6 Å². The van der Waals surface area contributed by atoms with Crippen molar-refractivity contribution in [3.63, 3.8) is 0 Å². The number of halogens is 2. The van der Waals surface area contributed by atoms with Gasteiger partial charge in [0.2, 0.25) is 6.79 Å². The molecule has 4 aromatic rings. The Labute approximate surface area is 227 Å². The summed E-state index contributed by atoms with van der Waals surface area (Å²) in [7, 11) is 0. The number of fused-ring (bicyclic) bond motifs is 1. The fourth-order valence-electron chi connectivity index (χ4n) is 4.81. The van der Waals surface area contributed by atoms with Gasteiger partial charge in [0.05, 0.1) is 11.9 Å².